The lowest BCUT2D eigenvalue weighted by molar-refractivity contribution is -0.217. The maximum atomic E-state index is 10.9. The highest BCUT2D eigenvalue weighted by Crippen LogP contribution is 2.25. The summed E-state index contributed by atoms with van der Waals surface area (Å²) in [5, 5.41) is 5.64. The number of amides is 1. The van der Waals surface area contributed by atoms with Crippen LogP contribution in [0.25, 0.3) is 11.3 Å². The minimum absolute atomic E-state index is 0.232. The van der Waals surface area contributed by atoms with Gasteiger partial charge in [-0.3, -0.25) is 9.63 Å². The van der Waals surface area contributed by atoms with Crippen LogP contribution in [0, 0.1) is 0 Å². The van der Waals surface area contributed by atoms with E-state index >= 15 is 0 Å². The largest absolute Gasteiger partial charge is 0.474 e. The third-order valence-corrected chi connectivity index (χ3v) is 2.90. The molecule has 0 aliphatic carbocycles. The van der Waals surface area contributed by atoms with Gasteiger partial charge in [-0.25, -0.2) is 5.06 Å². The normalized spacial score (nSPS) is 11.3. The molecule has 1 aromatic heterocycles. The van der Waals surface area contributed by atoms with E-state index in [2.05, 4.69) is 5.16 Å². The lowest BCUT2D eigenvalue weighted by atomic mass is 10.2. The van der Waals surface area contributed by atoms with Gasteiger partial charge in [0.25, 0.3) is 5.88 Å². The van der Waals surface area contributed by atoms with Crippen molar-refractivity contribution < 1.29 is 18.9 Å². The number of nitrogens with zero attached hydrogens (tertiary/aromatic N) is 2. The lowest BCUT2D eigenvalue weighted by Crippen LogP contribution is -2.35. The molecule has 0 radical (unpaired) electrons. The molecule has 1 aromatic carbocycles. The van der Waals surface area contributed by atoms with E-state index in [1.807, 2.05) is 32.9 Å². The summed E-state index contributed by atoms with van der Waals surface area (Å²) in [5.41, 5.74) is 0.361. The summed E-state index contributed by atoms with van der Waals surface area (Å²) in [4.78, 5) is 16.4. The van der Waals surface area contributed by atoms with Gasteiger partial charge in [0.1, 0.15) is 6.61 Å². The van der Waals surface area contributed by atoms with E-state index < -0.39 is 5.60 Å². The first-order valence-corrected chi connectivity index (χ1v) is 7.52. The Balaban J connectivity index is 1.89. The first kappa shape index (κ1) is 17.3. The second kappa shape index (κ2) is 7.48. The molecule has 0 N–H and O–H groups in total. The predicted molar refractivity (Wildman–Crippen MR) is 86.1 cm³/mol. The van der Waals surface area contributed by atoms with Crippen molar-refractivity contribution in [2.75, 3.05) is 13.2 Å². The monoisotopic (exact) mass is 338 g/mol. The highest BCUT2D eigenvalue weighted by molar-refractivity contribution is 6.30. The van der Waals surface area contributed by atoms with E-state index in [0.29, 0.717) is 23.1 Å². The number of ether oxygens (including phenoxy) is 1. The summed E-state index contributed by atoms with van der Waals surface area (Å²) in [7, 11) is 0. The van der Waals surface area contributed by atoms with Gasteiger partial charge in [0.2, 0.25) is 6.41 Å². The van der Waals surface area contributed by atoms with E-state index in [-0.39, 0.29) is 13.2 Å². The predicted octanol–water partition coefficient (Wildman–Crippen LogP) is 3.56. The molecule has 0 aliphatic heterocycles. The van der Waals surface area contributed by atoms with E-state index in [9.17, 15) is 4.79 Å². The quantitative estimate of drug-likeness (QED) is 0.570. The molecule has 7 heteroatoms. The smallest absolute Gasteiger partial charge is 0.254 e. The lowest BCUT2D eigenvalue weighted by Gasteiger charge is -2.26. The Hall–Kier alpha value is -2.05. The Bertz CT molecular complexity index is 652. The standard InChI is InChI=1S/C16H19ClN2O4/c1-16(2,3)23-19(11-20)7-8-21-15-10-14(22-18-15)12-5-4-6-13(17)9-12/h4-6,9-11H,7-8H2,1-3H3. The van der Waals surface area contributed by atoms with Gasteiger partial charge < -0.3 is 9.26 Å². The molecule has 0 saturated carbocycles. The minimum Gasteiger partial charge on any atom is -0.474 e. The fourth-order valence-corrected chi connectivity index (χ4v) is 2.01. The zero-order chi connectivity index (χ0) is 16.9. The van der Waals surface area contributed by atoms with Crippen LogP contribution < -0.4 is 4.74 Å². The van der Waals surface area contributed by atoms with E-state index in [0.717, 1.165) is 5.56 Å². The molecule has 0 unspecified atom stereocenters. The molecule has 2 aromatic rings. The number of hydrogen-bond acceptors (Lipinski definition) is 5. The number of carbonyl (C=O) groups is 1. The molecular formula is C16H19ClN2O4. The number of rotatable bonds is 7. The number of halogens is 1. The number of hydroxylamine groups is 2. The van der Waals surface area contributed by atoms with Gasteiger partial charge in [0.15, 0.2) is 5.76 Å². The molecule has 124 valence electrons. The molecule has 23 heavy (non-hydrogen) atoms. The van der Waals surface area contributed by atoms with Gasteiger partial charge in [0, 0.05) is 16.7 Å². The van der Waals surface area contributed by atoms with Gasteiger partial charge in [-0.1, -0.05) is 23.7 Å². The number of hydrogen-bond donors (Lipinski definition) is 0. The van der Waals surface area contributed by atoms with Crippen molar-refractivity contribution in [1.29, 1.82) is 0 Å². The SMILES string of the molecule is CC(C)(C)ON(C=O)CCOc1cc(-c2cccc(Cl)c2)on1. The maximum Gasteiger partial charge on any atom is 0.254 e. The Kier molecular flexibility index (Phi) is 5.63. The van der Waals surface area contributed by atoms with Crippen molar-refractivity contribution in [2.45, 2.75) is 26.4 Å². The zero-order valence-electron chi connectivity index (χ0n) is 13.3. The summed E-state index contributed by atoms with van der Waals surface area (Å²) < 4.78 is 10.7. The van der Waals surface area contributed by atoms with Crippen molar-refractivity contribution in [3.05, 3.63) is 35.4 Å². The van der Waals surface area contributed by atoms with Crippen LogP contribution in [0.3, 0.4) is 0 Å². The summed E-state index contributed by atoms with van der Waals surface area (Å²) in [6, 6.07) is 8.91. The van der Waals surface area contributed by atoms with Gasteiger partial charge in [0.05, 0.1) is 12.1 Å². The second-order valence-corrected chi connectivity index (χ2v) is 6.27. The van der Waals surface area contributed by atoms with Crippen molar-refractivity contribution in [3.63, 3.8) is 0 Å². The Morgan fingerprint density at radius 2 is 2.13 bits per heavy atom. The summed E-state index contributed by atoms with van der Waals surface area (Å²) in [6.45, 7) is 6.09. The molecule has 2 rings (SSSR count). The molecule has 1 heterocycles. The highest BCUT2D eigenvalue weighted by Gasteiger charge is 2.16. The summed E-state index contributed by atoms with van der Waals surface area (Å²) in [6.07, 6.45) is 0.620. The third kappa shape index (κ3) is 5.58. The van der Waals surface area contributed by atoms with Crippen molar-refractivity contribution in [2.24, 2.45) is 0 Å². The maximum absolute atomic E-state index is 10.9. The molecule has 0 spiro atoms. The van der Waals surface area contributed by atoms with Crippen LogP contribution in [0.2, 0.25) is 5.02 Å². The van der Waals surface area contributed by atoms with E-state index in [4.69, 9.17) is 25.7 Å². The van der Waals surface area contributed by atoms with Crippen molar-refractivity contribution in [3.8, 4) is 17.2 Å². The van der Waals surface area contributed by atoms with Crippen LogP contribution in [0.5, 0.6) is 5.88 Å². The van der Waals surface area contributed by atoms with Gasteiger partial charge in [-0.2, -0.15) is 0 Å². The minimum atomic E-state index is -0.450. The average Bonchev–Trinajstić information content (AvgIpc) is 2.94. The highest BCUT2D eigenvalue weighted by atomic mass is 35.5. The molecule has 0 atom stereocenters. The van der Waals surface area contributed by atoms with Gasteiger partial charge in [-0.05, 0) is 38.1 Å². The van der Waals surface area contributed by atoms with Crippen LogP contribution in [0.1, 0.15) is 20.8 Å². The number of aromatic nitrogens is 1. The first-order chi connectivity index (χ1) is 10.9. The summed E-state index contributed by atoms with van der Waals surface area (Å²) >= 11 is 5.94. The number of carbonyl (C=O) groups excluding carboxylic acids is 1. The molecule has 0 fully saturated rings. The Labute approximate surface area is 139 Å². The topological polar surface area (TPSA) is 64.8 Å². The van der Waals surface area contributed by atoms with Crippen LogP contribution >= 0.6 is 11.6 Å². The van der Waals surface area contributed by atoms with Crippen LogP contribution in [0.15, 0.2) is 34.9 Å². The molecule has 0 aliphatic rings. The van der Waals surface area contributed by atoms with Crippen LogP contribution in [0.4, 0.5) is 0 Å². The van der Waals surface area contributed by atoms with Crippen molar-refractivity contribution >= 4 is 18.0 Å². The molecule has 1 amide bonds. The molecule has 0 bridgehead atoms. The molecule has 6 nitrogen and oxygen atoms in total. The van der Waals surface area contributed by atoms with E-state index in [1.165, 1.54) is 5.06 Å². The number of benzene rings is 1. The Morgan fingerprint density at radius 1 is 1.35 bits per heavy atom. The molecular weight excluding hydrogens is 320 g/mol. The van der Waals surface area contributed by atoms with E-state index in [1.54, 1.807) is 18.2 Å². The second-order valence-electron chi connectivity index (χ2n) is 5.84. The fraction of sp³-hybridized carbons (Fsp3) is 0.375. The van der Waals surface area contributed by atoms with Crippen LogP contribution in [-0.4, -0.2) is 35.4 Å². The first-order valence-electron chi connectivity index (χ1n) is 7.14. The zero-order valence-corrected chi connectivity index (χ0v) is 14.0. The van der Waals surface area contributed by atoms with Gasteiger partial charge >= 0.3 is 0 Å². The fourth-order valence-electron chi connectivity index (χ4n) is 1.82. The Morgan fingerprint density at radius 3 is 2.78 bits per heavy atom. The van der Waals surface area contributed by atoms with Gasteiger partial charge in [-0.15, -0.1) is 0 Å². The van der Waals surface area contributed by atoms with Crippen molar-refractivity contribution in [1.82, 2.24) is 10.2 Å². The molecule has 0 saturated heterocycles. The summed E-state index contributed by atoms with van der Waals surface area (Å²) in [5.74, 6) is 0.891. The van der Waals surface area contributed by atoms with Crippen LogP contribution in [-0.2, 0) is 9.63 Å². The average molecular weight is 339 g/mol. The third-order valence-electron chi connectivity index (χ3n) is 2.67.